The van der Waals surface area contributed by atoms with Gasteiger partial charge in [0.2, 0.25) is 6.29 Å². The van der Waals surface area contributed by atoms with Gasteiger partial charge >= 0.3 is 0 Å². The molecule has 0 aromatic carbocycles. The second kappa shape index (κ2) is 6.55. The lowest BCUT2D eigenvalue weighted by Crippen LogP contribution is -2.64. The van der Waals surface area contributed by atoms with Gasteiger partial charge in [0.15, 0.2) is 0 Å². The Bertz CT molecular complexity index is 395. The highest BCUT2D eigenvalue weighted by Crippen LogP contribution is 2.25. The highest BCUT2D eigenvalue weighted by atomic mass is 16.7. The summed E-state index contributed by atoms with van der Waals surface area (Å²) in [5.74, 6) is 0.116. The number of hydrogen-bond acceptors (Lipinski definition) is 9. The van der Waals surface area contributed by atoms with Gasteiger partial charge in [-0.2, -0.15) is 0 Å². The minimum absolute atomic E-state index is 0.116. The van der Waals surface area contributed by atoms with E-state index in [1.54, 1.807) is 0 Å². The maximum Gasteiger partial charge on any atom is 0.218 e. The van der Waals surface area contributed by atoms with Crippen LogP contribution in [0, 0.1) is 0 Å². The van der Waals surface area contributed by atoms with Gasteiger partial charge < -0.3 is 47.1 Å². The monoisotopic (exact) mass is 305 g/mol. The van der Waals surface area contributed by atoms with Crippen molar-refractivity contribution in [2.45, 2.75) is 55.3 Å². The molecule has 2 aliphatic rings. The highest BCUT2D eigenvalue weighted by Gasteiger charge is 2.44. The average Bonchev–Trinajstić information content (AvgIpc) is 2.45. The Hall–Kier alpha value is -0.780. The van der Waals surface area contributed by atoms with E-state index in [9.17, 15) is 15.3 Å². The molecule has 1 heterocycles. The van der Waals surface area contributed by atoms with Gasteiger partial charge in [-0.3, -0.25) is 0 Å². The van der Waals surface area contributed by atoms with Crippen molar-refractivity contribution in [3.05, 3.63) is 11.8 Å². The molecule has 0 aromatic rings. The quantitative estimate of drug-likeness (QED) is 0.274. The van der Waals surface area contributed by atoms with Crippen LogP contribution in [0.3, 0.4) is 0 Å². The van der Waals surface area contributed by atoms with Crippen LogP contribution in [-0.4, -0.2) is 75.9 Å². The van der Waals surface area contributed by atoms with Gasteiger partial charge in [0, 0.05) is 12.1 Å². The van der Waals surface area contributed by atoms with E-state index in [1.165, 1.54) is 6.08 Å². The van der Waals surface area contributed by atoms with E-state index in [-0.39, 0.29) is 12.2 Å². The van der Waals surface area contributed by atoms with Crippen molar-refractivity contribution < 1.29 is 29.9 Å². The largest absolute Gasteiger partial charge is 0.465 e. The molecule has 10 N–H and O–H groups in total. The molecule has 0 amide bonds. The smallest absolute Gasteiger partial charge is 0.218 e. The van der Waals surface area contributed by atoms with Crippen molar-refractivity contribution in [3.63, 3.8) is 0 Å². The molecule has 1 aliphatic heterocycles. The van der Waals surface area contributed by atoms with Gasteiger partial charge in [-0.1, -0.05) is 0 Å². The van der Waals surface area contributed by atoms with Gasteiger partial charge in [-0.05, 0) is 12.5 Å². The SMILES string of the molecule is NC1C[C@@H](N)C(O)[C@@H](O)[C@@H]1O[C@H]1OC(CO)=C[C@H](O)C1N. The first-order valence-electron chi connectivity index (χ1n) is 6.79. The fourth-order valence-electron chi connectivity index (χ4n) is 2.56. The summed E-state index contributed by atoms with van der Waals surface area (Å²) in [6.45, 7) is -0.420. The maximum atomic E-state index is 10.0. The molecular formula is C12H23N3O6. The van der Waals surface area contributed by atoms with Crippen molar-refractivity contribution in [3.8, 4) is 0 Å². The van der Waals surface area contributed by atoms with Crippen LogP contribution >= 0.6 is 0 Å². The fourth-order valence-corrected chi connectivity index (χ4v) is 2.56. The zero-order valence-corrected chi connectivity index (χ0v) is 11.4. The highest BCUT2D eigenvalue weighted by molar-refractivity contribution is 5.07. The molecule has 8 atom stereocenters. The van der Waals surface area contributed by atoms with Crippen LogP contribution in [0.2, 0.25) is 0 Å². The lowest BCUT2D eigenvalue weighted by Gasteiger charge is -2.43. The number of aliphatic hydroxyl groups is 4. The Kier molecular flexibility index (Phi) is 5.17. The Morgan fingerprint density at radius 3 is 2.43 bits per heavy atom. The summed E-state index contributed by atoms with van der Waals surface area (Å²) >= 11 is 0. The van der Waals surface area contributed by atoms with Crippen LogP contribution in [-0.2, 0) is 9.47 Å². The molecule has 122 valence electrons. The number of nitrogens with two attached hydrogens (primary N) is 3. The van der Waals surface area contributed by atoms with E-state index in [0.717, 1.165) is 0 Å². The van der Waals surface area contributed by atoms with Crippen molar-refractivity contribution in [1.82, 2.24) is 0 Å². The Labute approximate surface area is 121 Å². The van der Waals surface area contributed by atoms with Gasteiger partial charge in [0.05, 0.1) is 18.2 Å². The van der Waals surface area contributed by atoms with Crippen LogP contribution in [0.1, 0.15) is 6.42 Å². The molecule has 3 unspecified atom stereocenters. The first kappa shape index (κ1) is 16.6. The van der Waals surface area contributed by atoms with E-state index in [1.807, 2.05) is 0 Å². The van der Waals surface area contributed by atoms with E-state index in [4.69, 9.17) is 31.8 Å². The van der Waals surface area contributed by atoms with Crippen molar-refractivity contribution in [1.29, 1.82) is 0 Å². The number of ether oxygens (including phenoxy) is 2. The summed E-state index contributed by atoms with van der Waals surface area (Å²) < 4.78 is 10.8. The molecule has 0 radical (unpaired) electrons. The molecule has 0 spiro atoms. The van der Waals surface area contributed by atoms with E-state index in [0.29, 0.717) is 0 Å². The zero-order valence-electron chi connectivity index (χ0n) is 11.4. The molecular weight excluding hydrogens is 282 g/mol. The van der Waals surface area contributed by atoms with Gasteiger partial charge in [-0.15, -0.1) is 0 Å². The second-order valence-corrected chi connectivity index (χ2v) is 5.49. The fraction of sp³-hybridized carbons (Fsp3) is 0.833. The zero-order chi connectivity index (χ0) is 15.7. The van der Waals surface area contributed by atoms with E-state index in [2.05, 4.69) is 0 Å². The molecule has 0 aromatic heterocycles. The maximum absolute atomic E-state index is 10.0. The first-order chi connectivity index (χ1) is 9.85. The summed E-state index contributed by atoms with van der Waals surface area (Å²) in [5.41, 5.74) is 17.3. The molecule has 1 saturated carbocycles. The molecule has 0 bridgehead atoms. The number of aliphatic hydroxyl groups excluding tert-OH is 4. The van der Waals surface area contributed by atoms with Gasteiger partial charge in [-0.25, -0.2) is 0 Å². The summed E-state index contributed by atoms with van der Waals surface area (Å²) in [6, 6.07) is -2.17. The van der Waals surface area contributed by atoms with Gasteiger partial charge in [0.25, 0.3) is 0 Å². The number of hydrogen-bond donors (Lipinski definition) is 7. The Balaban J connectivity index is 2.08. The molecule has 9 nitrogen and oxygen atoms in total. The van der Waals surface area contributed by atoms with E-state index >= 15 is 0 Å². The van der Waals surface area contributed by atoms with Gasteiger partial charge in [0.1, 0.15) is 24.6 Å². The Morgan fingerprint density at radius 2 is 1.81 bits per heavy atom. The first-order valence-corrected chi connectivity index (χ1v) is 6.79. The predicted molar refractivity (Wildman–Crippen MR) is 71.5 cm³/mol. The van der Waals surface area contributed by atoms with Crippen molar-refractivity contribution in [2.24, 2.45) is 17.2 Å². The summed E-state index contributed by atoms with van der Waals surface area (Å²) in [6.07, 6.45) is -4.02. The lowest BCUT2D eigenvalue weighted by molar-refractivity contribution is -0.226. The minimum Gasteiger partial charge on any atom is -0.465 e. The summed E-state index contributed by atoms with van der Waals surface area (Å²) in [5, 5.41) is 38.7. The normalized spacial score (nSPS) is 47.7. The molecule has 0 saturated heterocycles. The van der Waals surface area contributed by atoms with Crippen LogP contribution in [0.4, 0.5) is 0 Å². The number of rotatable bonds is 3. The third-order valence-electron chi connectivity index (χ3n) is 3.87. The van der Waals surface area contributed by atoms with Crippen molar-refractivity contribution in [2.75, 3.05) is 6.61 Å². The molecule has 9 heteroatoms. The molecule has 2 rings (SSSR count). The average molecular weight is 305 g/mol. The van der Waals surface area contributed by atoms with Crippen LogP contribution in [0.5, 0.6) is 0 Å². The summed E-state index contributed by atoms with van der Waals surface area (Å²) in [4.78, 5) is 0. The second-order valence-electron chi connectivity index (χ2n) is 5.49. The molecule has 1 fully saturated rings. The van der Waals surface area contributed by atoms with Crippen molar-refractivity contribution >= 4 is 0 Å². The Morgan fingerprint density at radius 1 is 1.14 bits per heavy atom. The van der Waals surface area contributed by atoms with Crippen LogP contribution in [0.15, 0.2) is 11.8 Å². The topological polar surface area (TPSA) is 177 Å². The lowest BCUT2D eigenvalue weighted by atomic mass is 9.84. The standard InChI is InChI=1S/C12H23N3O6/c13-5-2-6(14)11(10(19)9(5)18)21-12-8(15)7(17)1-4(3-16)20-12/h1,5-12,16-19H,2-3,13-15H2/t5-,6?,7+,8?,9?,10-,11-,12-/m1/s1. The van der Waals surface area contributed by atoms with Crippen LogP contribution in [0.25, 0.3) is 0 Å². The third-order valence-corrected chi connectivity index (χ3v) is 3.87. The minimum atomic E-state index is -1.29. The van der Waals surface area contributed by atoms with Crippen LogP contribution < -0.4 is 17.2 Å². The molecule has 1 aliphatic carbocycles. The van der Waals surface area contributed by atoms with E-state index < -0.39 is 55.4 Å². The third kappa shape index (κ3) is 3.35. The predicted octanol–water partition coefficient (Wildman–Crippen LogP) is -3.93. The molecule has 21 heavy (non-hydrogen) atoms. The summed E-state index contributed by atoms with van der Waals surface area (Å²) in [7, 11) is 0.